The summed E-state index contributed by atoms with van der Waals surface area (Å²) in [5.41, 5.74) is 1.47. The lowest BCUT2D eigenvalue weighted by Gasteiger charge is -2.33. The molecule has 1 aliphatic rings. The summed E-state index contributed by atoms with van der Waals surface area (Å²) in [5.74, 6) is 0.678. The van der Waals surface area contributed by atoms with Gasteiger partial charge in [0.05, 0.1) is 12.2 Å². The van der Waals surface area contributed by atoms with Gasteiger partial charge in [-0.05, 0) is 38.0 Å². The Labute approximate surface area is 152 Å². The van der Waals surface area contributed by atoms with Gasteiger partial charge in [-0.3, -0.25) is 9.47 Å². The first-order valence-corrected chi connectivity index (χ1v) is 9.11. The van der Waals surface area contributed by atoms with Gasteiger partial charge in [-0.1, -0.05) is 30.7 Å². The highest BCUT2D eigenvalue weighted by Gasteiger charge is 2.22. The molecule has 0 radical (unpaired) electrons. The molecule has 6 heteroatoms. The van der Waals surface area contributed by atoms with E-state index in [0.717, 1.165) is 17.4 Å². The van der Waals surface area contributed by atoms with E-state index in [1.54, 1.807) is 12.3 Å². The fourth-order valence-electron chi connectivity index (χ4n) is 3.58. The molecular weight excluding hydrogens is 326 g/mol. The van der Waals surface area contributed by atoms with Crippen molar-refractivity contribution in [3.05, 3.63) is 48.7 Å². The van der Waals surface area contributed by atoms with Crippen LogP contribution in [0.4, 0.5) is 11.5 Å². The molecular formula is C20H23N5O. The Hall–Kier alpha value is -2.73. The Morgan fingerprint density at radius 1 is 1.12 bits per heavy atom. The molecule has 1 unspecified atom stereocenters. The van der Waals surface area contributed by atoms with E-state index in [2.05, 4.69) is 27.0 Å². The van der Waals surface area contributed by atoms with Gasteiger partial charge < -0.3 is 5.11 Å². The number of para-hydroxylation sites is 1. The largest absolute Gasteiger partial charge is 0.493 e. The molecule has 1 fully saturated rings. The summed E-state index contributed by atoms with van der Waals surface area (Å²) in [5, 5.41) is 20.3. The van der Waals surface area contributed by atoms with Gasteiger partial charge in [0.15, 0.2) is 11.5 Å². The van der Waals surface area contributed by atoms with E-state index in [-0.39, 0.29) is 5.88 Å². The molecule has 1 saturated heterocycles. The predicted molar refractivity (Wildman–Crippen MR) is 102 cm³/mol. The summed E-state index contributed by atoms with van der Waals surface area (Å²) in [7, 11) is 0. The number of aromatic hydroxyl groups is 1. The van der Waals surface area contributed by atoms with Crippen molar-refractivity contribution in [2.45, 2.75) is 38.9 Å². The molecule has 1 N–H and O–H groups in total. The molecule has 1 aromatic carbocycles. The summed E-state index contributed by atoms with van der Waals surface area (Å²) in [6.07, 6.45) is 5.36. The van der Waals surface area contributed by atoms with E-state index in [1.807, 2.05) is 41.0 Å². The Kier molecular flexibility index (Phi) is 4.67. The van der Waals surface area contributed by atoms with E-state index < -0.39 is 0 Å². The van der Waals surface area contributed by atoms with Crippen LogP contribution in [0.15, 0.2) is 58.9 Å². The molecule has 26 heavy (non-hydrogen) atoms. The van der Waals surface area contributed by atoms with Crippen molar-refractivity contribution < 1.29 is 5.11 Å². The van der Waals surface area contributed by atoms with E-state index in [9.17, 15) is 5.11 Å². The van der Waals surface area contributed by atoms with Crippen molar-refractivity contribution in [3.63, 3.8) is 0 Å². The van der Waals surface area contributed by atoms with Crippen LogP contribution in [0.3, 0.4) is 0 Å². The van der Waals surface area contributed by atoms with E-state index in [1.165, 1.54) is 19.3 Å². The lowest BCUT2D eigenvalue weighted by molar-refractivity contribution is 0.120. The molecule has 0 bridgehead atoms. The second kappa shape index (κ2) is 7.25. The number of pyridine rings is 1. The number of fused-ring (bicyclic) bond motifs is 1. The molecule has 6 nitrogen and oxygen atoms in total. The zero-order valence-electron chi connectivity index (χ0n) is 14.9. The third-order valence-corrected chi connectivity index (χ3v) is 5.08. The number of hydrogen-bond acceptors (Lipinski definition) is 5. The number of hydrogen-bond donors (Lipinski definition) is 1. The smallest absolute Gasteiger partial charge is 0.221 e. The van der Waals surface area contributed by atoms with Crippen LogP contribution >= 0.6 is 0 Å². The van der Waals surface area contributed by atoms with Gasteiger partial charge in [-0.25, -0.2) is 4.98 Å². The third kappa shape index (κ3) is 3.20. The first-order valence-electron chi connectivity index (χ1n) is 9.11. The van der Waals surface area contributed by atoms with Crippen LogP contribution < -0.4 is 0 Å². The van der Waals surface area contributed by atoms with Gasteiger partial charge in [0.2, 0.25) is 5.88 Å². The van der Waals surface area contributed by atoms with E-state index >= 15 is 0 Å². The molecule has 2 aromatic heterocycles. The lowest BCUT2D eigenvalue weighted by atomic mass is 10.0. The molecule has 1 atom stereocenters. The Balaban J connectivity index is 1.72. The number of likely N-dealkylation sites (tertiary alicyclic amines) is 1. The van der Waals surface area contributed by atoms with Gasteiger partial charge in [0.1, 0.15) is 0 Å². The monoisotopic (exact) mass is 349 g/mol. The second-order valence-corrected chi connectivity index (χ2v) is 6.80. The Morgan fingerprint density at radius 2 is 1.96 bits per heavy atom. The van der Waals surface area contributed by atoms with Crippen LogP contribution in [0.2, 0.25) is 0 Å². The van der Waals surface area contributed by atoms with Crippen molar-refractivity contribution in [1.82, 2.24) is 14.5 Å². The van der Waals surface area contributed by atoms with Crippen LogP contribution in [0.1, 0.15) is 26.2 Å². The first kappa shape index (κ1) is 16.7. The molecule has 4 rings (SSSR count). The minimum Gasteiger partial charge on any atom is -0.493 e. The zero-order chi connectivity index (χ0) is 17.9. The van der Waals surface area contributed by atoms with E-state index in [0.29, 0.717) is 24.2 Å². The van der Waals surface area contributed by atoms with Crippen molar-refractivity contribution in [3.8, 4) is 5.88 Å². The number of piperidine rings is 1. The summed E-state index contributed by atoms with van der Waals surface area (Å²) in [4.78, 5) is 6.57. The molecule has 134 valence electrons. The van der Waals surface area contributed by atoms with Crippen molar-refractivity contribution in [2.75, 3.05) is 6.54 Å². The topological polar surface area (TPSA) is 66.0 Å². The predicted octanol–water partition coefficient (Wildman–Crippen LogP) is 4.99. The molecule has 0 aliphatic carbocycles. The molecule has 0 spiro atoms. The van der Waals surface area contributed by atoms with Gasteiger partial charge in [0, 0.05) is 24.2 Å². The molecule has 1 aliphatic heterocycles. The average Bonchev–Trinajstić information content (AvgIpc) is 2.94. The Bertz CT molecular complexity index is 919. The standard InChI is InChI=1S/C20H23N5O/c1-15-8-5-7-13-24(15)14-25-17-10-3-2-9-16(17)19(20(25)26)23-22-18-11-4-6-12-21-18/h2-4,6,9-12,15,26H,5,7-8,13-14H2,1H3. The first-order chi connectivity index (χ1) is 12.7. The SMILES string of the molecule is CC1CCCCN1Cn1c(O)c(N=Nc2ccccn2)c2ccccc21. The highest BCUT2D eigenvalue weighted by molar-refractivity contribution is 5.94. The van der Waals surface area contributed by atoms with Crippen molar-refractivity contribution in [1.29, 1.82) is 0 Å². The number of rotatable bonds is 4. The highest BCUT2D eigenvalue weighted by atomic mass is 16.3. The molecule has 0 amide bonds. The van der Waals surface area contributed by atoms with Crippen LogP contribution in [-0.4, -0.2) is 32.1 Å². The van der Waals surface area contributed by atoms with Crippen LogP contribution in [0, 0.1) is 0 Å². The van der Waals surface area contributed by atoms with E-state index in [4.69, 9.17) is 0 Å². The van der Waals surface area contributed by atoms with Gasteiger partial charge in [0.25, 0.3) is 0 Å². The quantitative estimate of drug-likeness (QED) is 0.675. The maximum absolute atomic E-state index is 10.9. The fraction of sp³-hybridized carbons (Fsp3) is 0.350. The molecule has 0 saturated carbocycles. The van der Waals surface area contributed by atoms with Crippen molar-refractivity contribution >= 4 is 22.4 Å². The lowest BCUT2D eigenvalue weighted by Crippen LogP contribution is -2.38. The Morgan fingerprint density at radius 3 is 2.77 bits per heavy atom. The number of azo groups is 1. The van der Waals surface area contributed by atoms with Gasteiger partial charge >= 0.3 is 0 Å². The number of nitrogens with zero attached hydrogens (tertiary/aromatic N) is 5. The number of aromatic nitrogens is 2. The molecule has 3 heterocycles. The maximum atomic E-state index is 10.9. The van der Waals surface area contributed by atoms with Gasteiger partial charge in [-0.15, -0.1) is 10.2 Å². The minimum absolute atomic E-state index is 0.156. The second-order valence-electron chi connectivity index (χ2n) is 6.80. The average molecular weight is 349 g/mol. The van der Waals surface area contributed by atoms with Crippen molar-refractivity contribution in [2.24, 2.45) is 10.2 Å². The van der Waals surface area contributed by atoms with Crippen LogP contribution in [0.5, 0.6) is 5.88 Å². The molecule has 3 aromatic rings. The zero-order valence-corrected chi connectivity index (χ0v) is 14.9. The minimum atomic E-state index is 0.156. The fourth-order valence-corrected chi connectivity index (χ4v) is 3.58. The van der Waals surface area contributed by atoms with Gasteiger partial charge in [-0.2, -0.15) is 0 Å². The maximum Gasteiger partial charge on any atom is 0.221 e. The summed E-state index contributed by atoms with van der Waals surface area (Å²) in [6, 6.07) is 13.9. The van der Waals surface area contributed by atoms with Crippen LogP contribution in [-0.2, 0) is 6.67 Å². The summed E-state index contributed by atoms with van der Waals surface area (Å²) < 4.78 is 1.93. The summed E-state index contributed by atoms with van der Waals surface area (Å²) in [6.45, 7) is 3.97. The highest BCUT2D eigenvalue weighted by Crippen LogP contribution is 2.39. The normalized spacial score (nSPS) is 18.7. The third-order valence-electron chi connectivity index (χ3n) is 5.08. The summed E-state index contributed by atoms with van der Waals surface area (Å²) >= 11 is 0. The van der Waals surface area contributed by atoms with Crippen LogP contribution in [0.25, 0.3) is 10.9 Å². The number of benzene rings is 1.